The molecule has 3 saturated carbocycles. The van der Waals surface area contributed by atoms with Crippen molar-refractivity contribution < 1.29 is 14.2 Å². The molecule has 360 valence electrons. The van der Waals surface area contributed by atoms with Gasteiger partial charge in [-0.3, -0.25) is 0 Å². The summed E-state index contributed by atoms with van der Waals surface area (Å²) < 4.78 is 19.0. The van der Waals surface area contributed by atoms with E-state index in [0.29, 0.717) is 16.9 Å². The van der Waals surface area contributed by atoms with Gasteiger partial charge < -0.3 is 19.1 Å². The van der Waals surface area contributed by atoms with Crippen LogP contribution in [0.15, 0.2) is 36.0 Å². The standard InChI is InChI=1S/C58H105NO3/c1-9-10-11-12-13-14-15-16-17-18-19-20-21-22-25-28-42-60-47-52(46-59(7)8)62-44-30-27-24-23-26-29-43-61-51-38-40-57(5)50(45-51)34-35-53-55-37-36-54(49(4)33-31-32-48(2)3)58(55,6)41-39-56(53)57/h13-14,16-17,34,48-49,51-56H,9-12,15,18-33,35-47H2,1-8H3/b14-13-,17-16-/t49-,51+,52+,53+,54-,55+,56+,57+,58-/m1/s1. The van der Waals surface area contributed by atoms with E-state index in [2.05, 4.69) is 90.9 Å². The molecular formula is C58H105NO3. The van der Waals surface area contributed by atoms with Crippen molar-refractivity contribution >= 4 is 0 Å². The summed E-state index contributed by atoms with van der Waals surface area (Å²) >= 11 is 0. The smallest absolute Gasteiger partial charge is 0.0934 e. The molecule has 9 atom stereocenters. The fourth-order valence-electron chi connectivity index (χ4n) is 13.2. The van der Waals surface area contributed by atoms with Crippen LogP contribution >= 0.6 is 0 Å². The fourth-order valence-corrected chi connectivity index (χ4v) is 13.2. The first-order chi connectivity index (χ1) is 30.1. The average Bonchev–Trinajstić information content (AvgIpc) is 3.60. The van der Waals surface area contributed by atoms with E-state index in [4.69, 9.17) is 14.2 Å². The largest absolute Gasteiger partial charge is 0.379 e. The fraction of sp³-hybridized carbons (Fsp3) is 0.897. The average molecular weight is 864 g/mol. The highest BCUT2D eigenvalue weighted by molar-refractivity contribution is 5.25. The third-order valence-electron chi connectivity index (χ3n) is 16.9. The Kier molecular flexibility index (Phi) is 26.3. The first kappa shape index (κ1) is 53.7. The Morgan fingerprint density at radius 3 is 2.05 bits per heavy atom. The molecule has 0 aromatic heterocycles. The molecule has 0 radical (unpaired) electrons. The van der Waals surface area contributed by atoms with Crippen molar-refractivity contribution in [1.82, 2.24) is 4.90 Å². The molecule has 0 N–H and O–H groups in total. The Hall–Kier alpha value is -0.940. The normalized spacial score (nSPS) is 28.5. The second-order valence-corrected chi connectivity index (χ2v) is 22.6. The van der Waals surface area contributed by atoms with Crippen molar-refractivity contribution in [3.05, 3.63) is 36.0 Å². The van der Waals surface area contributed by atoms with Crippen LogP contribution in [0.1, 0.15) is 228 Å². The van der Waals surface area contributed by atoms with Crippen molar-refractivity contribution in [2.75, 3.05) is 47.1 Å². The number of fused-ring (bicyclic) bond motifs is 5. The van der Waals surface area contributed by atoms with Crippen molar-refractivity contribution in [2.45, 2.75) is 240 Å². The molecule has 0 unspecified atom stereocenters. The summed E-state index contributed by atoms with van der Waals surface area (Å²) in [6.07, 6.45) is 51.1. The number of likely N-dealkylation sites (N-methyl/N-ethyl adjacent to an activating group) is 1. The van der Waals surface area contributed by atoms with Gasteiger partial charge in [0, 0.05) is 26.4 Å². The van der Waals surface area contributed by atoms with E-state index in [0.717, 1.165) is 81.3 Å². The molecule has 4 rings (SSSR count). The molecule has 0 heterocycles. The molecular weight excluding hydrogens is 759 g/mol. The molecule has 62 heavy (non-hydrogen) atoms. The SMILES string of the molecule is CCCCC/C=C\C/C=C\CCCCCCCCOC[C@H](CN(C)C)OCCCCCCCCO[C@H]1CC[C@@]2(C)C(=CC[C@H]3[C@@H]4CC[C@H]([C@H](C)CCCC(C)C)[C@@]4(C)CC[C@@H]32)C1. The van der Waals surface area contributed by atoms with E-state index in [9.17, 15) is 0 Å². The Balaban J connectivity index is 0.980. The Bertz CT molecular complexity index is 1240. The third kappa shape index (κ3) is 18.4. The van der Waals surface area contributed by atoms with Crippen molar-refractivity contribution in [1.29, 1.82) is 0 Å². The number of ether oxygens (including phenoxy) is 3. The number of nitrogens with zero attached hydrogens (tertiary/aromatic N) is 1. The Morgan fingerprint density at radius 2 is 1.35 bits per heavy atom. The lowest BCUT2D eigenvalue weighted by molar-refractivity contribution is -0.0641. The summed E-state index contributed by atoms with van der Waals surface area (Å²) in [7, 11) is 4.28. The van der Waals surface area contributed by atoms with E-state index < -0.39 is 0 Å². The van der Waals surface area contributed by atoms with Crippen LogP contribution in [0.4, 0.5) is 0 Å². The molecule has 0 aliphatic heterocycles. The van der Waals surface area contributed by atoms with Crippen molar-refractivity contribution in [3.8, 4) is 0 Å². The second-order valence-electron chi connectivity index (χ2n) is 22.6. The zero-order chi connectivity index (χ0) is 44.5. The van der Waals surface area contributed by atoms with E-state index in [-0.39, 0.29) is 6.10 Å². The molecule has 0 aromatic carbocycles. The first-order valence-corrected chi connectivity index (χ1v) is 27.5. The first-order valence-electron chi connectivity index (χ1n) is 27.5. The van der Waals surface area contributed by atoms with Crippen LogP contribution in [-0.2, 0) is 14.2 Å². The predicted octanol–water partition coefficient (Wildman–Crippen LogP) is 16.5. The minimum absolute atomic E-state index is 0.173. The lowest BCUT2D eigenvalue weighted by Gasteiger charge is -2.58. The minimum Gasteiger partial charge on any atom is -0.379 e. The zero-order valence-electron chi connectivity index (χ0n) is 42.7. The molecule has 3 fully saturated rings. The lowest BCUT2D eigenvalue weighted by Crippen LogP contribution is -2.51. The van der Waals surface area contributed by atoms with Gasteiger partial charge in [-0.05, 0) is 163 Å². The number of hydrogen-bond donors (Lipinski definition) is 0. The second kappa shape index (κ2) is 30.4. The van der Waals surface area contributed by atoms with Gasteiger partial charge >= 0.3 is 0 Å². The van der Waals surface area contributed by atoms with Gasteiger partial charge in [-0.1, -0.05) is 161 Å². The quantitative estimate of drug-likeness (QED) is 0.0469. The highest BCUT2D eigenvalue weighted by Crippen LogP contribution is 2.67. The summed E-state index contributed by atoms with van der Waals surface area (Å²) in [6, 6.07) is 0. The van der Waals surface area contributed by atoms with Gasteiger partial charge in [0.05, 0.1) is 18.8 Å². The molecule has 4 aliphatic carbocycles. The van der Waals surface area contributed by atoms with Gasteiger partial charge in [-0.15, -0.1) is 0 Å². The maximum absolute atomic E-state index is 6.61. The van der Waals surface area contributed by atoms with Gasteiger partial charge in [0.2, 0.25) is 0 Å². The number of allylic oxidation sites excluding steroid dienone is 5. The number of unbranched alkanes of at least 4 members (excludes halogenated alkanes) is 14. The highest BCUT2D eigenvalue weighted by atomic mass is 16.5. The lowest BCUT2D eigenvalue weighted by atomic mass is 9.47. The van der Waals surface area contributed by atoms with Gasteiger partial charge in [0.25, 0.3) is 0 Å². The highest BCUT2D eigenvalue weighted by Gasteiger charge is 2.59. The molecule has 4 heteroatoms. The minimum atomic E-state index is 0.173. The van der Waals surface area contributed by atoms with E-state index in [1.807, 2.05) is 0 Å². The van der Waals surface area contributed by atoms with Crippen LogP contribution < -0.4 is 0 Å². The predicted molar refractivity (Wildman–Crippen MR) is 269 cm³/mol. The topological polar surface area (TPSA) is 30.9 Å². The molecule has 4 aliphatic rings. The molecule has 0 aromatic rings. The van der Waals surface area contributed by atoms with Crippen LogP contribution in [0.5, 0.6) is 0 Å². The van der Waals surface area contributed by atoms with Crippen LogP contribution in [0.25, 0.3) is 0 Å². The van der Waals surface area contributed by atoms with Gasteiger partial charge in [-0.25, -0.2) is 0 Å². The van der Waals surface area contributed by atoms with E-state index in [1.54, 1.807) is 5.57 Å². The molecule has 0 bridgehead atoms. The van der Waals surface area contributed by atoms with E-state index in [1.165, 1.54) is 173 Å². The summed E-state index contributed by atoms with van der Waals surface area (Å²) in [5.74, 6) is 5.49. The monoisotopic (exact) mass is 864 g/mol. The number of rotatable bonds is 35. The Morgan fingerprint density at radius 1 is 0.694 bits per heavy atom. The Labute approximate surface area is 387 Å². The van der Waals surface area contributed by atoms with Crippen LogP contribution in [0.3, 0.4) is 0 Å². The van der Waals surface area contributed by atoms with E-state index >= 15 is 0 Å². The van der Waals surface area contributed by atoms with Crippen LogP contribution in [-0.4, -0.2) is 64.2 Å². The summed E-state index contributed by atoms with van der Waals surface area (Å²) in [4.78, 5) is 2.23. The van der Waals surface area contributed by atoms with Gasteiger partial charge in [-0.2, -0.15) is 0 Å². The maximum Gasteiger partial charge on any atom is 0.0934 e. The van der Waals surface area contributed by atoms with Crippen molar-refractivity contribution in [2.24, 2.45) is 46.3 Å². The molecule has 0 spiro atoms. The van der Waals surface area contributed by atoms with Gasteiger partial charge in [0.15, 0.2) is 0 Å². The summed E-state index contributed by atoms with van der Waals surface area (Å²) in [6.45, 7) is 19.4. The summed E-state index contributed by atoms with van der Waals surface area (Å²) in [5, 5.41) is 0. The zero-order valence-corrected chi connectivity index (χ0v) is 42.7. The van der Waals surface area contributed by atoms with Gasteiger partial charge in [0.1, 0.15) is 0 Å². The summed E-state index contributed by atoms with van der Waals surface area (Å²) in [5.41, 5.74) is 2.79. The maximum atomic E-state index is 6.61. The number of hydrogen-bond acceptors (Lipinski definition) is 4. The third-order valence-corrected chi connectivity index (χ3v) is 16.9. The van der Waals surface area contributed by atoms with Crippen LogP contribution in [0.2, 0.25) is 0 Å². The van der Waals surface area contributed by atoms with Crippen LogP contribution in [0, 0.1) is 46.3 Å². The van der Waals surface area contributed by atoms with Crippen molar-refractivity contribution in [3.63, 3.8) is 0 Å². The molecule has 0 saturated heterocycles. The molecule has 0 amide bonds. The molecule has 4 nitrogen and oxygen atoms in total.